The van der Waals surface area contributed by atoms with Gasteiger partial charge in [0.15, 0.2) is 0 Å². The number of phenolic OH excluding ortho intramolecular Hbond substituents is 1. The van der Waals surface area contributed by atoms with Crippen molar-refractivity contribution in [2.75, 3.05) is 29.6 Å². The Bertz CT molecular complexity index is 596. The molecule has 0 aliphatic rings. The maximum absolute atomic E-state index is 11.8. The third-order valence-electron chi connectivity index (χ3n) is 2.56. The van der Waals surface area contributed by atoms with Crippen LogP contribution in [0.25, 0.3) is 0 Å². The van der Waals surface area contributed by atoms with Crippen molar-refractivity contribution in [3.05, 3.63) is 42.5 Å². The van der Waals surface area contributed by atoms with Gasteiger partial charge in [-0.05, 0) is 36.4 Å². The number of nitrogens with zero attached hydrogens (tertiary/aromatic N) is 2. The number of pyridine rings is 1. The Balaban J connectivity index is 2.01. The van der Waals surface area contributed by atoms with Crippen molar-refractivity contribution in [2.24, 2.45) is 0 Å². The zero-order valence-electron chi connectivity index (χ0n) is 11.3. The van der Waals surface area contributed by atoms with E-state index >= 15 is 0 Å². The summed E-state index contributed by atoms with van der Waals surface area (Å²) in [6.45, 7) is 0. The predicted molar refractivity (Wildman–Crippen MR) is 79.3 cm³/mol. The Morgan fingerprint density at radius 1 is 1.10 bits per heavy atom. The number of amides is 2. The lowest BCUT2D eigenvalue weighted by molar-refractivity contribution is 0.262. The molecule has 6 nitrogen and oxygen atoms in total. The highest BCUT2D eigenvalue weighted by Gasteiger charge is 2.05. The second-order valence-electron chi connectivity index (χ2n) is 4.40. The standard InChI is InChI=1S/C14H16N4O2/c1-18(2)13-5-3-4-12(16-13)17-14(20)15-10-6-8-11(19)9-7-10/h3-9,19H,1-2H3,(H2,15,16,17,20). The number of aromatic hydroxyl groups is 1. The molecule has 0 aliphatic heterocycles. The van der Waals surface area contributed by atoms with E-state index < -0.39 is 0 Å². The van der Waals surface area contributed by atoms with E-state index in [4.69, 9.17) is 5.11 Å². The summed E-state index contributed by atoms with van der Waals surface area (Å²) in [4.78, 5) is 17.9. The number of urea groups is 1. The lowest BCUT2D eigenvalue weighted by Crippen LogP contribution is -2.20. The molecule has 0 saturated carbocycles. The largest absolute Gasteiger partial charge is 0.508 e. The fourth-order valence-corrected chi connectivity index (χ4v) is 1.57. The molecule has 0 unspecified atom stereocenters. The number of hydrogen-bond donors (Lipinski definition) is 3. The number of anilines is 3. The van der Waals surface area contributed by atoms with Crippen LogP contribution in [0.1, 0.15) is 0 Å². The van der Waals surface area contributed by atoms with E-state index in [0.717, 1.165) is 5.82 Å². The van der Waals surface area contributed by atoms with Crippen molar-refractivity contribution in [2.45, 2.75) is 0 Å². The number of benzene rings is 1. The molecule has 2 aromatic rings. The van der Waals surface area contributed by atoms with Gasteiger partial charge in [0.05, 0.1) is 0 Å². The minimum Gasteiger partial charge on any atom is -0.508 e. The number of rotatable bonds is 3. The van der Waals surface area contributed by atoms with E-state index in [-0.39, 0.29) is 11.8 Å². The summed E-state index contributed by atoms with van der Waals surface area (Å²) in [7, 11) is 3.76. The first-order valence-corrected chi connectivity index (χ1v) is 6.06. The normalized spacial score (nSPS) is 9.90. The van der Waals surface area contributed by atoms with Gasteiger partial charge in [-0.1, -0.05) is 6.07 Å². The molecule has 1 aromatic carbocycles. The minimum atomic E-state index is -0.390. The van der Waals surface area contributed by atoms with Gasteiger partial charge >= 0.3 is 6.03 Å². The molecule has 0 saturated heterocycles. The maximum Gasteiger partial charge on any atom is 0.324 e. The summed E-state index contributed by atoms with van der Waals surface area (Å²) in [6.07, 6.45) is 0. The Hall–Kier alpha value is -2.76. The first kappa shape index (κ1) is 13.7. The molecule has 20 heavy (non-hydrogen) atoms. The maximum atomic E-state index is 11.8. The van der Waals surface area contributed by atoms with Crippen LogP contribution in [-0.4, -0.2) is 30.2 Å². The number of carbonyl (C=O) groups is 1. The Labute approximate surface area is 117 Å². The Morgan fingerprint density at radius 3 is 2.45 bits per heavy atom. The van der Waals surface area contributed by atoms with Gasteiger partial charge in [-0.2, -0.15) is 0 Å². The van der Waals surface area contributed by atoms with E-state index in [2.05, 4.69) is 15.6 Å². The summed E-state index contributed by atoms with van der Waals surface area (Å²) in [5, 5.41) is 14.5. The zero-order valence-corrected chi connectivity index (χ0v) is 11.3. The molecule has 0 aliphatic carbocycles. The highest BCUT2D eigenvalue weighted by molar-refractivity contribution is 5.99. The second-order valence-corrected chi connectivity index (χ2v) is 4.40. The van der Waals surface area contributed by atoms with Crippen molar-refractivity contribution in [1.29, 1.82) is 0 Å². The molecular weight excluding hydrogens is 256 g/mol. The van der Waals surface area contributed by atoms with Crippen molar-refractivity contribution in [3.8, 4) is 5.75 Å². The Kier molecular flexibility index (Phi) is 4.05. The van der Waals surface area contributed by atoms with E-state index in [1.165, 1.54) is 12.1 Å². The van der Waals surface area contributed by atoms with Gasteiger partial charge in [-0.3, -0.25) is 5.32 Å². The van der Waals surface area contributed by atoms with Crippen LogP contribution >= 0.6 is 0 Å². The predicted octanol–water partition coefficient (Wildman–Crippen LogP) is 2.50. The van der Waals surface area contributed by atoms with Gasteiger partial charge in [-0.25, -0.2) is 9.78 Å². The third-order valence-corrected chi connectivity index (χ3v) is 2.56. The fourth-order valence-electron chi connectivity index (χ4n) is 1.57. The number of phenols is 1. The molecule has 0 fully saturated rings. The van der Waals surface area contributed by atoms with Gasteiger partial charge in [0.25, 0.3) is 0 Å². The molecule has 0 spiro atoms. The summed E-state index contributed by atoms with van der Waals surface area (Å²) < 4.78 is 0. The fraction of sp³-hybridized carbons (Fsp3) is 0.143. The molecule has 0 radical (unpaired) electrons. The van der Waals surface area contributed by atoms with E-state index in [0.29, 0.717) is 11.5 Å². The van der Waals surface area contributed by atoms with Crippen LogP contribution in [0.15, 0.2) is 42.5 Å². The lowest BCUT2D eigenvalue weighted by Gasteiger charge is -2.13. The van der Waals surface area contributed by atoms with Gasteiger partial charge in [0, 0.05) is 19.8 Å². The number of carbonyl (C=O) groups excluding carboxylic acids is 1. The molecule has 3 N–H and O–H groups in total. The average molecular weight is 272 g/mol. The van der Waals surface area contributed by atoms with Crippen LogP contribution in [-0.2, 0) is 0 Å². The number of nitrogens with one attached hydrogen (secondary N) is 2. The first-order chi connectivity index (χ1) is 9.54. The van der Waals surface area contributed by atoms with Crippen LogP contribution in [0.2, 0.25) is 0 Å². The van der Waals surface area contributed by atoms with Crippen molar-refractivity contribution in [1.82, 2.24) is 4.98 Å². The van der Waals surface area contributed by atoms with Crippen LogP contribution in [0.4, 0.5) is 22.1 Å². The summed E-state index contributed by atoms with van der Waals surface area (Å²) in [5.41, 5.74) is 0.587. The molecule has 1 aromatic heterocycles. The van der Waals surface area contributed by atoms with Gasteiger partial charge in [0.1, 0.15) is 17.4 Å². The second kappa shape index (κ2) is 5.92. The van der Waals surface area contributed by atoms with E-state index in [1.807, 2.05) is 31.1 Å². The molecule has 6 heteroatoms. The highest BCUT2D eigenvalue weighted by Crippen LogP contribution is 2.15. The zero-order chi connectivity index (χ0) is 14.5. The summed E-state index contributed by atoms with van der Waals surface area (Å²) in [6, 6.07) is 11.2. The van der Waals surface area contributed by atoms with Crippen molar-refractivity contribution < 1.29 is 9.90 Å². The molecule has 0 atom stereocenters. The first-order valence-electron chi connectivity index (χ1n) is 6.06. The van der Waals surface area contributed by atoms with Crippen LogP contribution in [0, 0.1) is 0 Å². The van der Waals surface area contributed by atoms with Crippen LogP contribution in [0.5, 0.6) is 5.75 Å². The topological polar surface area (TPSA) is 77.5 Å². The SMILES string of the molecule is CN(C)c1cccc(NC(=O)Nc2ccc(O)cc2)n1. The lowest BCUT2D eigenvalue weighted by atomic mass is 10.3. The molecule has 2 amide bonds. The monoisotopic (exact) mass is 272 g/mol. The average Bonchev–Trinajstić information content (AvgIpc) is 2.41. The van der Waals surface area contributed by atoms with E-state index in [9.17, 15) is 4.79 Å². The van der Waals surface area contributed by atoms with Gasteiger partial charge in [-0.15, -0.1) is 0 Å². The highest BCUT2D eigenvalue weighted by atomic mass is 16.3. The van der Waals surface area contributed by atoms with Crippen LogP contribution < -0.4 is 15.5 Å². The molecule has 2 rings (SSSR count). The smallest absolute Gasteiger partial charge is 0.324 e. The quantitative estimate of drug-likeness (QED) is 0.750. The van der Waals surface area contributed by atoms with Crippen LogP contribution in [0.3, 0.4) is 0 Å². The molecule has 104 valence electrons. The van der Waals surface area contributed by atoms with E-state index in [1.54, 1.807) is 18.2 Å². The third kappa shape index (κ3) is 3.61. The molecule has 0 bridgehead atoms. The van der Waals surface area contributed by atoms with Crippen molar-refractivity contribution >= 4 is 23.4 Å². The number of aromatic nitrogens is 1. The summed E-state index contributed by atoms with van der Waals surface area (Å²) >= 11 is 0. The number of hydrogen-bond acceptors (Lipinski definition) is 4. The minimum absolute atomic E-state index is 0.149. The molecule has 1 heterocycles. The molecular formula is C14H16N4O2. The van der Waals surface area contributed by atoms with Gasteiger partial charge < -0.3 is 15.3 Å². The van der Waals surface area contributed by atoms with Crippen molar-refractivity contribution in [3.63, 3.8) is 0 Å². The van der Waals surface area contributed by atoms with Gasteiger partial charge in [0.2, 0.25) is 0 Å². The Morgan fingerprint density at radius 2 is 1.80 bits per heavy atom. The summed E-state index contributed by atoms with van der Waals surface area (Å²) in [5.74, 6) is 1.37.